The van der Waals surface area contributed by atoms with Gasteiger partial charge < -0.3 is 28.4 Å². The number of hydrogen-bond donors (Lipinski definition) is 0. The Morgan fingerprint density at radius 3 is 2.03 bits per heavy atom. The second-order valence-corrected chi connectivity index (χ2v) is 9.63. The first-order chi connectivity index (χ1) is 18.5. The number of hydrogen-bond acceptors (Lipinski definition) is 7. The first kappa shape index (κ1) is 26.5. The fourth-order valence-corrected chi connectivity index (χ4v) is 5.47. The van der Waals surface area contributed by atoms with E-state index in [4.69, 9.17) is 28.4 Å². The molecule has 0 unspecified atom stereocenters. The lowest BCUT2D eigenvalue weighted by atomic mass is 9.77. The van der Waals surface area contributed by atoms with Gasteiger partial charge in [-0.2, -0.15) is 0 Å². The number of Topliss-reactive ketones (excluding diaryl/α,β-unsaturated/α-hetero) is 1. The van der Waals surface area contributed by atoms with Crippen molar-refractivity contribution in [2.24, 2.45) is 0 Å². The standard InChI is InChI=1S/C31H34O7/c1-20-28(37-19-22-13-9-6-10-14-22)26(36-18-21-11-7-5-8-12-21)17-25(38-20)23-15-16-24-27(29(23)33-2)30(32)31(24,34-3)35-4/h5-16,20,25-26,28H,17-19H2,1-4H3/t20-,25-,26-,28-/m1/s1. The third-order valence-corrected chi connectivity index (χ3v) is 7.44. The molecule has 7 nitrogen and oxygen atoms in total. The third-order valence-electron chi connectivity index (χ3n) is 7.44. The molecule has 2 aliphatic rings. The summed E-state index contributed by atoms with van der Waals surface area (Å²) in [5.41, 5.74) is 4.09. The van der Waals surface area contributed by atoms with Crippen LogP contribution in [0, 0.1) is 0 Å². The largest absolute Gasteiger partial charge is 0.496 e. The van der Waals surface area contributed by atoms with Gasteiger partial charge in [0.2, 0.25) is 5.78 Å². The SMILES string of the molecule is COc1c([C@H]2C[C@@H](OCc3ccccc3)[C@H](OCc3ccccc3)[C@@H](C)O2)ccc2c1C(=O)C2(OC)OC. The molecule has 7 heteroatoms. The molecular weight excluding hydrogens is 484 g/mol. The van der Waals surface area contributed by atoms with Crippen LogP contribution >= 0.6 is 0 Å². The van der Waals surface area contributed by atoms with E-state index < -0.39 is 5.79 Å². The number of ether oxygens (including phenoxy) is 6. The lowest BCUT2D eigenvalue weighted by Gasteiger charge is -2.43. The van der Waals surface area contributed by atoms with Gasteiger partial charge in [0.05, 0.1) is 44.2 Å². The molecule has 1 aliphatic heterocycles. The van der Waals surface area contributed by atoms with Gasteiger partial charge in [-0.05, 0) is 18.1 Å². The highest BCUT2D eigenvalue weighted by Crippen LogP contribution is 2.50. The van der Waals surface area contributed by atoms with Gasteiger partial charge in [-0.3, -0.25) is 4.79 Å². The number of carbonyl (C=O) groups is 1. The molecule has 0 spiro atoms. The van der Waals surface area contributed by atoms with Crippen LogP contribution in [0.1, 0.15) is 52.1 Å². The molecule has 5 rings (SSSR count). The molecule has 200 valence electrons. The van der Waals surface area contributed by atoms with Gasteiger partial charge in [0.25, 0.3) is 5.79 Å². The van der Waals surface area contributed by atoms with Crippen molar-refractivity contribution in [1.82, 2.24) is 0 Å². The maximum atomic E-state index is 13.1. The summed E-state index contributed by atoms with van der Waals surface area (Å²) < 4.78 is 36.0. The lowest BCUT2D eigenvalue weighted by molar-refractivity contribution is -0.204. The van der Waals surface area contributed by atoms with Crippen molar-refractivity contribution < 1.29 is 33.2 Å². The molecule has 0 aromatic heterocycles. The Morgan fingerprint density at radius 1 is 0.842 bits per heavy atom. The van der Waals surface area contributed by atoms with Crippen LogP contribution in [0.3, 0.4) is 0 Å². The minimum atomic E-state index is -1.39. The summed E-state index contributed by atoms with van der Waals surface area (Å²) in [6.07, 6.45) is -0.586. The van der Waals surface area contributed by atoms with Crippen LogP contribution in [0.15, 0.2) is 72.8 Å². The minimum absolute atomic E-state index is 0.240. The number of ketones is 1. The molecule has 38 heavy (non-hydrogen) atoms. The summed E-state index contributed by atoms with van der Waals surface area (Å²) in [5, 5.41) is 0. The zero-order valence-corrected chi connectivity index (χ0v) is 22.2. The lowest BCUT2D eigenvalue weighted by Crippen LogP contribution is -2.50. The van der Waals surface area contributed by atoms with E-state index in [2.05, 4.69) is 0 Å². The molecule has 1 fully saturated rings. The highest BCUT2D eigenvalue weighted by atomic mass is 16.7. The number of benzene rings is 3. The zero-order valence-electron chi connectivity index (χ0n) is 22.2. The van der Waals surface area contributed by atoms with Crippen molar-refractivity contribution in [3.05, 3.63) is 101 Å². The van der Waals surface area contributed by atoms with E-state index >= 15 is 0 Å². The number of rotatable bonds is 10. The Hall–Kier alpha value is -3.07. The van der Waals surface area contributed by atoms with Crippen molar-refractivity contribution in [1.29, 1.82) is 0 Å². The molecule has 0 bridgehead atoms. The first-order valence-corrected chi connectivity index (χ1v) is 12.8. The second kappa shape index (κ2) is 11.4. The van der Waals surface area contributed by atoms with Gasteiger partial charge in [0, 0.05) is 31.8 Å². The smallest absolute Gasteiger partial charge is 0.261 e. The normalized spacial score (nSPS) is 23.9. The van der Waals surface area contributed by atoms with Crippen LogP contribution in [0.5, 0.6) is 5.75 Å². The quantitative estimate of drug-likeness (QED) is 0.335. The Balaban J connectivity index is 1.41. The Kier molecular flexibility index (Phi) is 7.93. The molecule has 0 amide bonds. The van der Waals surface area contributed by atoms with Gasteiger partial charge in [0.15, 0.2) is 0 Å². The number of fused-ring (bicyclic) bond motifs is 1. The van der Waals surface area contributed by atoms with Gasteiger partial charge in [-0.1, -0.05) is 72.8 Å². The highest BCUT2D eigenvalue weighted by molar-refractivity contribution is 6.14. The maximum absolute atomic E-state index is 13.1. The highest BCUT2D eigenvalue weighted by Gasteiger charge is 2.56. The molecule has 1 aliphatic carbocycles. The van der Waals surface area contributed by atoms with Crippen LogP contribution in [0.2, 0.25) is 0 Å². The van der Waals surface area contributed by atoms with E-state index in [1.54, 1.807) is 7.11 Å². The van der Waals surface area contributed by atoms with Crippen molar-refractivity contribution in [2.75, 3.05) is 21.3 Å². The number of methoxy groups -OCH3 is 3. The molecule has 3 aromatic rings. The minimum Gasteiger partial charge on any atom is -0.496 e. The maximum Gasteiger partial charge on any atom is 0.261 e. The summed E-state index contributed by atoms with van der Waals surface area (Å²) in [4.78, 5) is 13.1. The fourth-order valence-electron chi connectivity index (χ4n) is 5.47. The molecule has 1 heterocycles. The Bertz CT molecular complexity index is 1240. The van der Waals surface area contributed by atoms with E-state index in [0.29, 0.717) is 36.5 Å². The molecule has 0 N–H and O–H groups in total. The van der Waals surface area contributed by atoms with Crippen LogP contribution in [-0.2, 0) is 42.7 Å². The Labute approximate surface area is 223 Å². The topological polar surface area (TPSA) is 72.5 Å². The predicted molar refractivity (Wildman–Crippen MR) is 141 cm³/mol. The van der Waals surface area contributed by atoms with Gasteiger partial charge in [0.1, 0.15) is 11.9 Å². The van der Waals surface area contributed by atoms with Crippen LogP contribution in [-0.4, -0.2) is 45.4 Å². The average Bonchev–Trinajstić information content (AvgIpc) is 2.96. The summed E-state index contributed by atoms with van der Waals surface area (Å²) in [6.45, 7) is 2.92. The van der Waals surface area contributed by atoms with Crippen LogP contribution in [0.4, 0.5) is 0 Å². The predicted octanol–water partition coefficient (Wildman–Crippen LogP) is 5.36. The molecule has 1 saturated heterocycles. The summed E-state index contributed by atoms with van der Waals surface area (Å²) >= 11 is 0. The third kappa shape index (κ3) is 4.77. The molecule has 4 atom stereocenters. The van der Waals surface area contributed by atoms with Crippen molar-refractivity contribution in [2.45, 2.75) is 56.8 Å². The second-order valence-electron chi connectivity index (χ2n) is 9.63. The van der Waals surface area contributed by atoms with E-state index in [0.717, 1.165) is 16.7 Å². The number of carbonyl (C=O) groups excluding carboxylic acids is 1. The van der Waals surface area contributed by atoms with E-state index in [-0.39, 0.29) is 30.2 Å². The zero-order chi connectivity index (χ0) is 26.7. The van der Waals surface area contributed by atoms with Crippen LogP contribution in [0.25, 0.3) is 0 Å². The molecule has 3 aromatic carbocycles. The van der Waals surface area contributed by atoms with E-state index in [1.165, 1.54) is 14.2 Å². The summed E-state index contributed by atoms with van der Waals surface area (Å²) in [6, 6.07) is 23.9. The fraction of sp³-hybridized carbons (Fsp3) is 0.387. The van der Waals surface area contributed by atoms with Gasteiger partial charge in [-0.15, -0.1) is 0 Å². The molecule has 0 saturated carbocycles. The summed E-state index contributed by atoms with van der Waals surface area (Å²) in [7, 11) is 4.48. The van der Waals surface area contributed by atoms with E-state index in [1.807, 2.05) is 79.7 Å². The van der Waals surface area contributed by atoms with Crippen molar-refractivity contribution in [3.63, 3.8) is 0 Å². The van der Waals surface area contributed by atoms with Crippen molar-refractivity contribution >= 4 is 5.78 Å². The van der Waals surface area contributed by atoms with E-state index in [9.17, 15) is 4.79 Å². The monoisotopic (exact) mass is 518 g/mol. The average molecular weight is 519 g/mol. The first-order valence-electron chi connectivity index (χ1n) is 12.8. The van der Waals surface area contributed by atoms with Gasteiger partial charge >= 0.3 is 0 Å². The Morgan fingerprint density at radius 2 is 1.45 bits per heavy atom. The van der Waals surface area contributed by atoms with Crippen LogP contribution < -0.4 is 4.74 Å². The van der Waals surface area contributed by atoms with Gasteiger partial charge in [-0.25, -0.2) is 0 Å². The summed E-state index contributed by atoms with van der Waals surface area (Å²) in [5.74, 6) is -1.17. The van der Waals surface area contributed by atoms with Crippen molar-refractivity contribution in [3.8, 4) is 5.75 Å². The molecular formula is C31H34O7. The molecule has 0 radical (unpaired) electrons.